The summed E-state index contributed by atoms with van der Waals surface area (Å²) in [5.74, 6) is 0.322. The summed E-state index contributed by atoms with van der Waals surface area (Å²) >= 11 is 0. The van der Waals surface area contributed by atoms with E-state index >= 15 is 0 Å². The van der Waals surface area contributed by atoms with Gasteiger partial charge in [0.2, 0.25) is 0 Å². The summed E-state index contributed by atoms with van der Waals surface area (Å²) < 4.78 is 5.44. The Morgan fingerprint density at radius 3 is 2.00 bits per heavy atom. The Hall–Kier alpha value is -3.36. The summed E-state index contributed by atoms with van der Waals surface area (Å²) in [5, 5.41) is 10.8. The van der Waals surface area contributed by atoms with E-state index < -0.39 is 0 Å². The second-order valence-electron chi connectivity index (χ2n) is 7.44. The first kappa shape index (κ1) is 19.9. The minimum atomic E-state index is 0.205. The van der Waals surface area contributed by atoms with Gasteiger partial charge in [0.25, 0.3) is 0 Å². The van der Waals surface area contributed by atoms with E-state index in [0.29, 0.717) is 5.75 Å². The normalized spacial score (nSPS) is 16.1. The van der Waals surface area contributed by atoms with Crippen LogP contribution in [-0.4, -0.2) is 17.8 Å². The number of ether oxygens (including phenoxy) is 1. The lowest BCUT2D eigenvalue weighted by molar-refractivity contribution is 0.401. The first-order valence-corrected chi connectivity index (χ1v) is 10.3. The van der Waals surface area contributed by atoms with Crippen LogP contribution in [0.25, 0.3) is 30.4 Å². The zero-order chi connectivity index (χ0) is 20.8. The lowest BCUT2D eigenvalue weighted by Crippen LogP contribution is -2.01. The summed E-state index contributed by atoms with van der Waals surface area (Å²) in [6.45, 7) is 2.77. The highest BCUT2D eigenvalue weighted by molar-refractivity contribution is 5.85. The smallest absolute Gasteiger partial charge is 0.120 e. The molecule has 0 amide bonds. The Morgan fingerprint density at radius 1 is 0.833 bits per heavy atom. The van der Waals surface area contributed by atoms with E-state index in [1.54, 1.807) is 0 Å². The largest absolute Gasteiger partial charge is 0.508 e. The van der Waals surface area contributed by atoms with Crippen LogP contribution in [0.3, 0.4) is 0 Å². The second kappa shape index (κ2) is 9.43. The molecule has 4 rings (SSSR count). The Kier molecular flexibility index (Phi) is 6.26. The molecule has 0 aliphatic carbocycles. The van der Waals surface area contributed by atoms with Gasteiger partial charge < -0.3 is 9.84 Å². The second-order valence-corrected chi connectivity index (χ2v) is 7.44. The fourth-order valence-electron chi connectivity index (χ4n) is 3.57. The molecule has 3 aromatic rings. The number of allylic oxidation sites excluding steroid dienone is 1. The number of hydrogen-bond donors (Lipinski definition) is 1. The number of hydrogen-bond acceptors (Lipinski definition) is 2. The summed E-state index contributed by atoms with van der Waals surface area (Å²) in [5.41, 5.74) is 6.34. The number of benzene rings is 3. The number of phenols is 1. The first-order valence-electron chi connectivity index (χ1n) is 10.3. The van der Waals surface area contributed by atoms with Crippen LogP contribution in [0.1, 0.15) is 40.3 Å². The molecule has 0 saturated carbocycles. The quantitative estimate of drug-likeness (QED) is 0.357. The molecule has 0 aromatic heterocycles. The number of phenolic OH excluding ortho intramolecular Hbond substituents is 1. The molecule has 0 bridgehead atoms. The van der Waals surface area contributed by atoms with Crippen LogP contribution in [0.5, 0.6) is 5.75 Å². The predicted molar refractivity (Wildman–Crippen MR) is 127 cm³/mol. The molecule has 1 aliphatic rings. The van der Waals surface area contributed by atoms with Crippen LogP contribution in [0, 0.1) is 0 Å². The van der Waals surface area contributed by atoms with Crippen LogP contribution in [0.15, 0.2) is 72.8 Å². The van der Waals surface area contributed by atoms with Crippen LogP contribution in [0.2, 0.25) is 0 Å². The van der Waals surface area contributed by atoms with Crippen molar-refractivity contribution >= 4 is 30.4 Å². The van der Waals surface area contributed by atoms with E-state index in [1.807, 2.05) is 55.5 Å². The van der Waals surface area contributed by atoms with E-state index in [2.05, 4.69) is 54.6 Å². The Bertz CT molecular complexity index is 1070. The molecule has 2 heteroatoms. The molecule has 1 heterocycles. The van der Waals surface area contributed by atoms with Crippen LogP contribution in [0.4, 0.5) is 0 Å². The fourth-order valence-corrected chi connectivity index (χ4v) is 3.57. The van der Waals surface area contributed by atoms with Crippen LogP contribution < -0.4 is 0 Å². The zero-order valence-corrected chi connectivity index (χ0v) is 17.2. The third-order valence-corrected chi connectivity index (χ3v) is 5.19. The first-order chi connectivity index (χ1) is 14.7. The topological polar surface area (TPSA) is 32.8 Å². The third kappa shape index (κ3) is 4.97. The Labute approximate surface area is 178 Å². The lowest BCUT2D eigenvalue weighted by atomic mass is 9.91. The molecular weight excluding hydrogens is 368 g/mol. The molecular formula is C28H26O2. The number of epoxide rings is 1. The van der Waals surface area contributed by atoms with Gasteiger partial charge >= 0.3 is 0 Å². The third-order valence-electron chi connectivity index (χ3n) is 5.19. The van der Waals surface area contributed by atoms with E-state index in [-0.39, 0.29) is 6.10 Å². The molecule has 0 spiro atoms. The van der Waals surface area contributed by atoms with E-state index in [1.165, 1.54) is 0 Å². The van der Waals surface area contributed by atoms with Gasteiger partial charge in [-0.2, -0.15) is 0 Å². The SMILES string of the molecule is CC=Cc1c(C=Cc2ccccc2)c(C=Cc2ccccc2)cc(O)c1CC1CO1. The monoisotopic (exact) mass is 394 g/mol. The minimum Gasteiger partial charge on any atom is -0.508 e. The van der Waals surface area contributed by atoms with Crippen LogP contribution >= 0.6 is 0 Å². The molecule has 1 N–H and O–H groups in total. The number of aromatic hydroxyl groups is 1. The minimum absolute atomic E-state index is 0.205. The number of rotatable bonds is 7. The summed E-state index contributed by atoms with van der Waals surface area (Å²) in [6, 6.07) is 22.3. The van der Waals surface area contributed by atoms with Crippen molar-refractivity contribution in [1.29, 1.82) is 0 Å². The Morgan fingerprint density at radius 2 is 1.43 bits per heavy atom. The Balaban J connectivity index is 1.82. The zero-order valence-electron chi connectivity index (χ0n) is 17.2. The highest BCUT2D eigenvalue weighted by Crippen LogP contribution is 2.35. The van der Waals surface area contributed by atoms with Gasteiger partial charge in [-0.05, 0) is 40.8 Å². The molecule has 30 heavy (non-hydrogen) atoms. The average Bonchev–Trinajstić information content (AvgIpc) is 3.60. The van der Waals surface area contributed by atoms with Crippen molar-refractivity contribution < 1.29 is 9.84 Å². The molecule has 1 atom stereocenters. The molecule has 3 aromatic carbocycles. The van der Waals surface area contributed by atoms with Crippen molar-refractivity contribution in [3.8, 4) is 5.75 Å². The van der Waals surface area contributed by atoms with Gasteiger partial charge in [0.15, 0.2) is 0 Å². The summed E-state index contributed by atoms with van der Waals surface area (Å²) in [6.07, 6.45) is 13.5. The van der Waals surface area contributed by atoms with Gasteiger partial charge in [-0.1, -0.05) is 97.1 Å². The molecule has 0 radical (unpaired) electrons. The van der Waals surface area contributed by atoms with Crippen molar-refractivity contribution in [1.82, 2.24) is 0 Å². The highest BCUT2D eigenvalue weighted by atomic mass is 16.6. The van der Waals surface area contributed by atoms with Crippen molar-refractivity contribution in [3.05, 3.63) is 106 Å². The van der Waals surface area contributed by atoms with E-state index in [0.717, 1.165) is 46.4 Å². The molecule has 2 nitrogen and oxygen atoms in total. The van der Waals surface area contributed by atoms with Crippen molar-refractivity contribution in [2.75, 3.05) is 6.61 Å². The summed E-state index contributed by atoms with van der Waals surface area (Å²) in [4.78, 5) is 0. The van der Waals surface area contributed by atoms with Gasteiger partial charge in [-0.15, -0.1) is 0 Å². The maximum absolute atomic E-state index is 10.8. The molecule has 1 saturated heterocycles. The molecule has 150 valence electrons. The molecule has 1 aliphatic heterocycles. The maximum Gasteiger partial charge on any atom is 0.120 e. The molecule has 1 fully saturated rings. The maximum atomic E-state index is 10.8. The predicted octanol–water partition coefficient (Wildman–Crippen LogP) is 6.71. The highest BCUT2D eigenvalue weighted by Gasteiger charge is 2.26. The standard InChI is InChI=1S/C28H26O2/c1-2-9-26-25(17-15-22-12-7-4-8-13-22)23(16-14-21-10-5-3-6-11-21)18-28(29)27(26)19-24-20-30-24/h2-18,24,29H,19-20H2,1H3. The van der Waals surface area contributed by atoms with Crippen molar-refractivity contribution in [3.63, 3.8) is 0 Å². The summed E-state index contributed by atoms with van der Waals surface area (Å²) in [7, 11) is 0. The van der Waals surface area contributed by atoms with Gasteiger partial charge in [0, 0.05) is 12.0 Å². The van der Waals surface area contributed by atoms with Gasteiger partial charge in [-0.3, -0.25) is 0 Å². The lowest BCUT2D eigenvalue weighted by Gasteiger charge is -2.15. The van der Waals surface area contributed by atoms with Crippen LogP contribution in [-0.2, 0) is 11.2 Å². The van der Waals surface area contributed by atoms with E-state index in [9.17, 15) is 5.11 Å². The fraction of sp³-hybridized carbons (Fsp3) is 0.143. The van der Waals surface area contributed by atoms with E-state index in [4.69, 9.17) is 4.74 Å². The van der Waals surface area contributed by atoms with Gasteiger partial charge in [0.05, 0.1) is 12.7 Å². The van der Waals surface area contributed by atoms with Crippen molar-refractivity contribution in [2.24, 2.45) is 0 Å². The molecule has 1 unspecified atom stereocenters. The van der Waals surface area contributed by atoms with Gasteiger partial charge in [-0.25, -0.2) is 0 Å². The average molecular weight is 395 g/mol. The van der Waals surface area contributed by atoms with Gasteiger partial charge in [0.1, 0.15) is 5.75 Å². The van der Waals surface area contributed by atoms with Crippen molar-refractivity contribution in [2.45, 2.75) is 19.4 Å².